The molecule has 0 aliphatic heterocycles. The van der Waals surface area contributed by atoms with Crippen LogP contribution in [-0.2, 0) is 0 Å². The largest absolute Gasteiger partial charge is 0.321 e. The quantitative estimate of drug-likeness (QED) is 0.502. The highest BCUT2D eigenvalue weighted by molar-refractivity contribution is 8.00. The van der Waals surface area contributed by atoms with Gasteiger partial charge in [-0.3, -0.25) is 9.59 Å². The van der Waals surface area contributed by atoms with Gasteiger partial charge in [0.05, 0.1) is 10.6 Å². The van der Waals surface area contributed by atoms with E-state index in [1.807, 2.05) is 66.0 Å². The molecule has 120 valence electrons. The Bertz CT molecular complexity index is 812. The average molecular weight is 353 g/mol. The van der Waals surface area contributed by atoms with E-state index in [1.165, 1.54) is 23.1 Å². The highest BCUT2D eigenvalue weighted by atomic mass is 32.2. The molecule has 0 aliphatic carbocycles. The maximum Gasteiger partial charge on any atom is 0.265 e. The summed E-state index contributed by atoms with van der Waals surface area (Å²) in [7, 11) is 0. The van der Waals surface area contributed by atoms with Gasteiger partial charge >= 0.3 is 0 Å². The number of Topliss-reactive ketones (excluding diaryl/α,β-unsaturated/α-hetero) is 1. The van der Waals surface area contributed by atoms with E-state index >= 15 is 0 Å². The van der Waals surface area contributed by atoms with Crippen LogP contribution in [0, 0.1) is 0 Å². The van der Waals surface area contributed by atoms with Crippen molar-refractivity contribution in [3.8, 4) is 0 Å². The van der Waals surface area contributed by atoms with Crippen molar-refractivity contribution in [3.05, 3.63) is 82.6 Å². The number of thioether (sulfide) groups is 1. The van der Waals surface area contributed by atoms with Crippen LogP contribution in [0.1, 0.15) is 20.0 Å². The lowest BCUT2D eigenvalue weighted by Crippen LogP contribution is -2.09. The highest BCUT2D eigenvalue weighted by Crippen LogP contribution is 2.22. The van der Waals surface area contributed by atoms with Crippen molar-refractivity contribution < 1.29 is 9.59 Å². The van der Waals surface area contributed by atoms with E-state index in [0.29, 0.717) is 10.6 Å². The molecule has 2 aromatic carbocycles. The number of amides is 1. The van der Waals surface area contributed by atoms with Crippen molar-refractivity contribution in [2.75, 3.05) is 11.1 Å². The van der Waals surface area contributed by atoms with Gasteiger partial charge in [0, 0.05) is 16.1 Å². The molecule has 0 aliphatic rings. The van der Waals surface area contributed by atoms with Gasteiger partial charge in [0.2, 0.25) is 0 Å². The second kappa shape index (κ2) is 7.95. The number of carbonyl (C=O) groups is 2. The third-order valence-corrected chi connectivity index (χ3v) is 5.20. The molecule has 1 amide bonds. The summed E-state index contributed by atoms with van der Waals surface area (Å²) in [4.78, 5) is 25.7. The smallest absolute Gasteiger partial charge is 0.265 e. The van der Waals surface area contributed by atoms with E-state index in [1.54, 1.807) is 6.07 Å². The van der Waals surface area contributed by atoms with Gasteiger partial charge in [0.25, 0.3) is 5.91 Å². The predicted molar refractivity (Wildman–Crippen MR) is 100 cm³/mol. The third-order valence-electron chi connectivity index (χ3n) is 3.32. The molecule has 3 aromatic rings. The monoisotopic (exact) mass is 353 g/mol. The molecule has 0 bridgehead atoms. The van der Waals surface area contributed by atoms with Crippen LogP contribution in [0.15, 0.2) is 77.0 Å². The Labute approximate surface area is 148 Å². The number of anilines is 1. The fourth-order valence-corrected chi connectivity index (χ4v) is 3.50. The molecule has 3 nitrogen and oxygen atoms in total. The summed E-state index contributed by atoms with van der Waals surface area (Å²) in [5.74, 6) is 0.394. The van der Waals surface area contributed by atoms with Gasteiger partial charge in [-0.1, -0.05) is 36.4 Å². The number of hydrogen-bond donors (Lipinski definition) is 1. The van der Waals surface area contributed by atoms with Crippen LogP contribution >= 0.6 is 23.1 Å². The minimum atomic E-state index is -0.107. The molecule has 24 heavy (non-hydrogen) atoms. The zero-order valence-electron chi connectivity index (χ0n) is 12.8. The maximum atomic E-state index is 12.1. The van der Waals surface area contributed by atoms with E-state index in [2.05, 4.69) is 5.32 Å². The van der Waals surface area contributed by atoms with Gasteiger partial charge in [-0.05, 0) is 35.7 Å². The number of benzene rings is 2. The SMILES string of the molecule is O=C(CSc1ccc(NC(=O)c2cccs2)cc1)c1ccccc1. The standard InChI is InChI=1S/C19H15NO2S2/c21-17(14-5-2-1-3-6-14)13-24-16-10-8-15(9-11-16)20-19(22)18-7-4-12-23-18/h1-12H,13H2,(H,20,22). The lowest BCUT2D eigenvalue weighted by molar-refractivity contribution is 0.101. The summed E-state index contributed by atoms with van der Waals surface area (Å²) in [6.07, 6.45) is 0. The first-order valence-corrected chi connectivity index (χ1v) is 9.25. The van der Waals surface area contributed by atoms with Crippen LogP contribution in [-0.4, -0.2) is 17.4 Å². The maximum absolute atomic E-state index is 12.1. The van der Waals surface area contributed by atoms with Crippen molar-refractivity contribution in [1.82, 2.24) is 0 Å². The van der Waals surface area contributed by atoms with Crippen molar-refractivity contribution >= 4 is 40.5 Å². The number of rotatable bonds is 6. The molecule has 1 heterocycles. The molecule has 0 radical (unpaired) electrons. The molecule has 1 N–H and O–H groups in total. The number of thiophene rings is 1. The van der Waals surface area contributed by atoms with Gasteiger partial charge in [0.15, 0.2) is 5.78 Å². The first kappa shape index (κ1) is 16.5. The van der Waals surface area contributed by atoms with E-state index in [0.717, 1.165) is 16.1 Å². The molecular weight excluding hydrogens is 338 g/mol. The van der Waals surface area contributed by atoms with Gasteiger partial charge < -0.3 is 5.32 Å². The zero-order valence-corrected chi connectivity index (χ0v) is 14.4. The van der Waals surface area contributed by atoms with Gasteiger partial charge in [-0.2, -0.15) is 0 Å². The lowest BCUT2D eigenvalue weighted by atomic mass is 10.2. The topological polar surface area (TPSA) is 46.2 Å². The predicted octanol–water partition coefficient (Wildman–Crippen LogP) is 4.98. The molecule has 0 atom stereocenters. The third kappa shape index (κ3) is 4.34. The van der Waals surface area contributed by atoms with Crippen LogP contribution in [0.2, 0.25) is 0 Å². The molecule has 5 heteroatoms. The van der Waals surface area contributed by atoms with Crippen LogP contribution in [0.5, 0.6) is 0 Å². The fraction of sp³-hybridized carbons (Fsp3) is 0.0526. The second-order valence-electron chi connectivity index (χ2n) is 5.03. The van der Waals surface area contributed by atoms with Crippen molar-refractivity contribution in [3.63, 3.8) is 0 Å². The van der Waals surface area contributed by atoms with E-state index in [4.69, 9.17) is 0 Å². The first-order chi connectivity index (χ1) is 11.7. The minimum absolute atomic E-state index is 0.107. The Kier molecular flexibility index (Phi) is 5.46. The normalized spacial score (nSPS) is 10.3. The Hall–Kier alpha value is -2.37. The Balaban J connectivity index is 1.55. The fourth-order valence-electron chi connectivity index (χ4n) is 2.09. The average Bonchev–Trinajstić information content (AvgIpc) is 3.16. The van der Waals surface area contributed by atoms with E-state index in [-0.39, 0.29) is 11.7 Å². The second-order valence-corrected chi connectivity index (χ2v) is 7.03. The molecule has 1 aromatic heterocycles. The summed E-state index contributed by atoms with van der Waals surface area (Å²) in [6, 6.07) is 20.4. The minimum Gasteiger partial charge on any atom is -0.321 e. The molecule has 3 rings (SSSR count). The first-order valence-electron chi connectivity index (χ1n) is 7.38. The zero-order chi connectivity index (χ0) is 16.8. The number of ketones is 1. The molecule has 0 saturated heterocycles. The van der Waals surface area contributed by atoms with Crippen molar-refractivity contribution in [1.29, 1.82) is 0 Å². The van der Waals surface area contributed by atoms with Crippen LogP contribution < -0.4 is 5.32 Å². The van der Waals surface area contributed by atoms with Gasteiger partial charge in [-0.15, -0.1) is 23.1 Å². The number of nitrogens with one attached hydrogen (secondary N) is 1. The Morgan fingerprint density at radius 3 is 2.33 bits per heavy atom. The lowest BCUT2D eigenvalue weighted by Gasteiger charge is -2.05. The molecule has 0 fully saturated rings. The summed E-state index contributed by atoms with van der Waals surface area (Å²) in [6.45, 7) is 0. The highest BCUT2D eigenvalue weighted by Gasteiger charge is 2.08. The summed E-state index contributed by atoms with van der Waals surface area (Å²) < 4.78 is 0. The Morgan fingerprint density at radius 2 is 1.67 bits per heavy atom. The number of carbonyl (C=O) groups excluding carboxylic acids is 2. The number of hydrogen-bond acceptors (Lipinski definition) is 4. The van der Waals surface area contributed by atoms with E-state index < -0.39 is 0 Å². The van der Waals surface area contributed by atoms with Crippen LogP contribution in [0.25, 0.3) is 0 Å². The molecule has 0 spiro atoms. The van der Waals surface area contributed by atoms with E-state index in [9.17, 15) is 9.59 Å². The van der Waals surface area contributed by atoms with Crippen molar-refractivity contribution in [2.45, 2.75) is 4.90 Å². The summed E-state index contributed by atoms with van der Waals surface area (Å²) in [5, 5.41) is 4.73. The molecule has 0 unspecified atom stereocenters. The van der Waals surface area contributed by atoms with Crippen molar-refractivity contribution in [2.24, 2.45) is 0 Å². The van der Waals surface area contributed by atoms with Crippen LogP contribution in [0.3, 0.4) is 0 Å². The van der Waals surface area contributed by atoms with Gasteiger partial charge in [0.1, 0.15) is 0 Å². The summed E-state index contributed by atoms with van der Waals surface area (Å²) in [5.41, 5.74) is 1.47. The van der Waals surface area contributed by atoms with Gasteiger partial charge in [-0.25, -0.2) is 0 Å². The Morgan fingerprint density at radius 1 is 0.917 bits per heavy atom. The van der Waals surface area contributed by atoms with Crippen LogP contribution in [0.4, 0.5) is 5.69 Å². The molecular formula is C19H15NO2S2. The summed E-state index contributed by atoms with van der Waals surface area (Å²) >= 11 is 2.90. The molecule has 0 saturated carbocycles.